The predicted octanol–water partition coefficient (Wildman–Crippen LogP) is 1.76. The van der Waals surface area contributed by atoms with Crippen LogP contribution in [0.5, 0.6) is 0 Å². The van der Waals surface area contributed by atoms with Crippen LogP contribution in [-0.4, -0.2) is 30.1 Å². The standard InChI is InChI=1S/C11H12N2O4/c1-12(2)9-5-3-8(4-6-11(14)15)7-10(9)13(16)17/h3-7H,1-2H3,(H,14,15)/b6-4+. The van der Waals surface area contributed by atoms with E-state index in [0.717, 1.165) is 6.08 Å². The highest BCUT2D eigenvalue weighted by molar-refractivity contribution is 5.85. The van der Waals surface area contributed by atoms with Gasteiger partial charge in [0.2, 0.25) is 0 Å². The quantitative estimate of drug-likeness (QED) is 0.489. The van der Waals surface area contributed by atoms with Crippen molar-refractivity contribution in [3.63, 3.8) is 0 Å². The van der Waals surface area contributed by atoms with Gasteiger partial charge in [-0.3, -0.25) is 10.1 Å². The van der Waals surface area contributed by atoms with E-state index in [1.165, 1.54) is 12.1 Å². The summed E-state index contributed by atoms with van der Waals surface area (Å²) in [5.74, 6) is -1.09. The van der Waals surface area contributed by atoms with Crippen LogP contribution in [0.15, 0.2) is 24.3 Å². The van der Waals surface area contributed by atoms with Gasteiger partial charge in [-0.25, -0.2) is 4.79 Å². The van der Waals surface area contributed by atoms with Crippen LogP contribution in [0.1, 0.15) is 5.56 Å². The third kappa shape index (κ3) is 3.30. The van der Waals surface area contributed by atoms with E-state index in [1.54, 1.807) is 31.1 Å². The molecule has 0 heterocycles. The fourth-order valence-electron chi connectivity index (χ4n) is 1.34. The molecular formula is C11H12N2O4. The number of rotatable bonds is 4. The lowest BCUT2D eigenvalue weighted by molar-refractivity contribution is -0.384. The van der Waals surface area contributed by atoms with Crippen LogP contribution in [0.4, 0.5) is 11.4 Å². The van der Waals surface area contributed by atoms with Crippen LogP contribution in [-0.2, 0) is 4.79 Å². The molecule has 0 fully saturated rings. The van der Waals surface area contributed by atoms with Crippen molar-refractivity contribution in [3.05, 3.63) is 40.0 Å². The lowest BCUT2D eigenvalue weighted by atomic mass is 10.1. The molecule has 0 aromatic heterocycles. The summed E-state index contributed by atoms with van der Waals surface area (Å²) in [5.41, 5.74) is 0.898. The zero-order chi connectivity index (χ0) is 13.0. The molecule has 0 amide bonds. The van der Waals surface area contributed by atoms with E-state index in [9.17, 15) is 14.9 Å². The van der Waals surface area contributed by atoms with Gasteiger partial charge in [0, 0.05) is 26.2 Å². The van der Waals surface area contributed by atoms with Crippen molar-refractivity contribution >= 4 is 23.4 Å². The summed E-state index contributed by atoms with van der Waals surface area (Å²) in [5, 5.41) is 19.3. The molecule has 0 saturated heterocycles. The van der Waals surface area contributed by atoms with E-state index in [4.69, 9.17) is 5.11 Å². The minimum absolute atomic E-state index is 0.0532. The predicted molar refractivity (Wildman–Crippen MR) is 64.1 cm³/mol. The van der Waals surface area contributed by atoms with Crippen LogP contribution in [0.3, 0.4) is 0 Å². The van der Waals surface area contributed by atoms with Crippen molar-refractivity contribution < 1.29 is 14.8 Å². The van der Waals surface area contributed by atoms with E-state index in [0.29, 0.717) is 11.3 Å². The van der Waals surface area contributed by atoms with Crippen molar-refractivity contribution in [2.24, 2.45) is 0 Å². The summed E-state index contributed by atoms with van der Waals surface area (Å²) in [4.78, 5) is 22.3. The smallest absolute Gasteiger partial charge is 0.328 e. The maximum absolute atomic E-state index is 10.9. The lowest BCUT2D eigenvalue weighted by Gasteiger charge is -2.12. The molecule has 1 aromatic carbocycles. The topological polar surface area (TPSA) is 83.7 Å². The van der Waals surface area contributed by atoms with Gasteiger partial charge in [-0.1, -0.05) is 6.07 Å². The summed E-state index contributed by atoms with van der Waals surface area (Å²) in [6.45, 7) is 0. The van der Waals surface area contributed by atoms with Crippen molar-refractivity contribution in [1.82, 2.24) is 0 Å². The molecule has 0 bridgehead atoms. The maximum Gasteiger partial charge on any atom is 0.328 e. The number of anilines is 1. The summed E-state index contributed by atoms with van der Waals surface area (Å²) < 4.78 is 0. The van der Waals surface area contributed by atoms with Gasteiger partial charge >= 0.3 is 5.97 Å². The van der Waals surface area contributed by atoms with E-state index in [2.05, 4.69) is 0 Å². The molecule has 6 heteroatoms. The molecule has 0 aliphatic rings. The van der Waals surface area contributed by atoms with E-state index < -0.39 is 10.9 Å². The Morgan fingerprint density at radius 3 is 2.59 bits per heavy atom. The molecule has 1 rings (SSSR count). The van der Waals surface area contributed by atoms with Crippen molar-refractivity contribution in [2.45, 2.75) is 0 Å². The molecule has 0 atom stereocenters. The van der Waals surface area contributed by atoms with Crippen molar-refractivity contribution in [3.8, 4) is 0 Å². The average Bonchev–Trinajstić information content (AvgIpc) is 2.25. The highest BCUT2D eigenvalue weighted by Gasteiger charge is 2.15. The highest BCUT2D eigenvalue weighted by atomic mass is 16.6. The van der Waals surface area contributed by atoms with Crippen LogP contribution in [0.2, 0.25) is 0 Å². The second-order valence-corrected chi connectivity index (χ2v) is 3.57. The van der Waals surface area contributed by atoms with Crippen LogP contribution >= 0.6 is 0 Å². The third-order valence-corrected chi connectivity index (χ3v) is 2.10. The van der Waals surface area contributed by atoms with Gasteiger partial charge in [-0.2, -0.15) is 0 Å². The molecule has 17 heavy (non-hydrogen) atoms. The van der Waals surface area contributed by atoms with Crippen LogP contribution < -0.4 is 4.90 Å². The Kier molecular flexibility index (Phi) is 3.82. The first-order chi connectivity index (χ1) is 7.91. The largest absolute Gasteiger partial charge is 0.478 e. The first kappa shape index (κ1) is 12.7. The number of aliphatic carboxylic acids is 1. The van der Waals surface area contributed by atoms with Crippen molar-refractivity contribution in [1.29, 1.82) is 0 Å². The van der Waals surface area contributed by atoms with Crippen LogP contribution in [0.25, 0.3) is 6.08 Å². The molecule has 0 unspecified atom stereocenters. The van der Waals surface area contributed by atoms with Gasteiger partial charge in [0.15, 0.2) is 0 Å². The minimum Gasteiger partial charge on any atom is -0.478 e. The monoisotopic (exact) mass is 236 g/mol. The Balaban J connectivity index is 3.19. The molecule has 0 spiro atoms. The van der Waals surface area contributed by atoms with Gasteiger partial charge in [0.05, 0.1) is 4.92 Å². The number of hydrogen-bond donors (Lipinski definition) is 1. The second kappa shape index (κ2) is 5.11. The number of nitro groups is 1. The van der Waals surface area contributed by atoms with E-state index >= 15 is 0 Å². The van der Waals surface area contributed by atoms with Gasteiger partial charge < -0.3 is 10.0 Å². The molecular weight excluding hydrogens is 224 g/mol. The zero-order valence-electron chi connectivity index (χ0n) is 9.45. The Morgan fingerprint density at radius 1 is 1.47 bits per heavy atom. The SMILES string of the molecule is CN(C)c1ccc(/C=C/C(=O)O)cc1[N+](=O)[O-]. The van der Waals surface area contributed by atoms with Gasteiger partial charge in [0.1, 0.15) is 5.69 Å². The summed E-state index contributed by atoms with van der Waals surface area (Å²) in [6, 6.07) is 4.55. The highest BCUT2D eigenvalue weighted by Crippen LogP contribution is 2.28. The summed E-state index contributed by atoms with van der Waals surface area (Å²) in [7, 11) is 3.41. The Labute approximate surface area is 97.9 Å². The summed E-state index contributed by atoms with van der Waals surface area (Å²) >= 11 is 0. The van der Waals surface area contributed by atoms with Gasteiger partial charge in [-0.05, 0) is 17.7 Å². The van der Waals surface area contributed by atoms with Gasteiger partial charge in [-0.15, -0.1) is 0 Å². The Morgan fingerprint density at radius 2 is 2.12 bits per heavy atom. The number of carbonyl (C=O) groups is 1. The molecule has 0 radical (unpaired) electrons. The van der Waals surface area contributed by atoms with Crippen molar-refractivity contribution in [2.75, 3.05) is 19.0 Å². The maximum atomic E-state index is 10.9. The van der Waals surface area contributed by atoms with E-state index in [-0.39, 0.29) is 5.69 Å². The molecule has 1 N–H and O–H groups in total. The number of carboxylic acids is 1. The minimum atomic E-state index is -1.09. The fraction of sp³-hybridized carbons (Fsp3) is 0.182. The third-order valence-electron chi connectivity index (χ3n) is 2.10. The molecule has 0 aliphatic carbocycles. The zero-order valence-corrected chi connectivity index (χ0v) is 9.45. The number of nitro benzene ring substituents is 1. The first-order valence-electron chi connectivity index (χ1n) is 4.78. The molecule has 1 aromatic rings. The molecule has 0 aliphatic heterocycles. The summed E-state index contributed by atoms with van der Waals surface area (Å²) in [6.07, 6.45) is 2.25. The molecule has 90 valence electrons. The van der Waals surface area contributed by atoms with E-state index in [1.807, 2.05) is 0 Å². The second-order valence-electron chi connectivity index (χ2n) is 3.57. The number of benzene rings is 1. The van der Waals surface area contributed by atoms with Crippen LogP contribution in [0, 0.1) is 10.1 Å². The number of carboxylic acid groups (broad SMARTS) is 1. The lowest BCUT2D eigenvalue weighted by Crippen LogP contribution is -2.10. The van der Waals surface area contributed by atoms with Gasteiger partial charge in [0.25, 0.3) is 5.69 Å². The Bertz CT molecular complexity index is 480. The molecule has 6 nitrogen and oxygen atoms in total. The average molecular weight is 236 g/mol. The normalized spacial score (nSPS) is 10.5. The first-order valence-corrected chi connectivity index (χ1v) is 4.78. The number of nitrogens with zero attached hydrogens (tertiary/aromatic N) is 2. The number of hydrogen-bond acceptors (Lipinski definition) is 4. The Hall–Kier alpha value is -2.37. The fourth-order valence-corrected chi connectivity index (χ4v) is 1.34. The molecule has 0 saturated carbocycles.